The Balaban J connectivity index is 2.27. The molecule has 0 saturated heterocycles. The second-order valence-corrected chi connectivity index (χ2v) is 4.60. The Labute approximate surface area is 121 Å². The molecule has 5 nitrogen and oxygen atoms in total. The van der Waals surface area contributed by atoms with E-state index in [1.54, 1.807) is 12.3 Å². The lowest BCUT2D eigenvalue weighted by Gasteiger charge is -2.24. The van der Waals surface area contributed by atoms with Crippen LogP contribution < -0.4 is 10.6 Å². The molecule has 0 amide bonds. The lowest BCUT2D eigenvalue weighted by Crippen LogP contribution is -2.23. The van der Waals surface area contributed by atoms with Crippen LogP contribution in [0.15, 0.2) is 36.7 Å². The van der Waals surface area contributed by atoms with Crippen LogP contribution >= 0.6 is 0 Å². The number of aromatic nitrogens is 1. The largest absolute Gasteiger partial charge is 0.478 e. The van der Waals surface area contributed by atoms with Crippen LogP contribution in [0, 0.1) is 5.82 Å². The smallest absolute Gasteiger partial charge is 0.335 e. The zero-order valence-electron chi connectivity index (χ0n) is 11.6. The van der Waals surface area contributed by atoms with Crippen LogP contribution in [-0.4, -0.2) is 22.6 Å². The molecular formula is C15H16FN3O2. The SMILES string of the molecule is CCN(Cc1cncc(F)c1)c1ccc(C(=O)O)cc1N. The number of nitrogen functional groups attached to an aromatic ring is 1. The van der Waals surface area contributed by atoms with Crippen LogP contribution in [-0.2, 0) is 6.54 Å². The fraction of sp³-hybridized carbons (Fsp3) is 0.200. The number of carboxylic acids is 1. The zero-order chi connectivity index (χ0) is 15.4. The highest BCUT2D eigenvalue weighted by Crippen LogP contribution is 2.26. The normalized spacial score (nSPS) is 10.4. The molecule has 21 heavy (non-hydrogen) atoms. The number of halogens is 1. The molecule has 6 heteroatoms. The Morgan fingerprint density at radius 3 is 2.71 bits per heavy atom. The molecule has 1 aromatic heterocycles. The summed E-state index contributed by atoms with van der Waals surface area (Å²) in [5.74, 6) is -1.41. The molecule has 0 fully saturated rings. The predicted octanol–water partition coefficient (Wildman–Crippen LogP) is 2.53. The molecule has 0 spiro atoms. The van der Waals surface area contributed by atoms with Gasteiger partial charge in [0.05, 0.1) is 23.1 Å². The molecule has 0 aliphatic carbocycles. The fourth-order valence-electron chi connectivity index (χ4n) is 2.11. The number of hydrogen-bond donors (Lipinski definition) is 2. The van der Waals surface area contributed by atoms with Gasteiger partial charge in [0.25, 0.3) is 0 Å². The molecule has 0 aliphatic heterocycles. The molecule has 0 radical (unpaired) electrons. The standard InChI is InChI=1S/C15H16FN3O2/c1-2-19(9-10-5-12(16)8-18-7-10)14-4-3-11(15(20)21)6-13(14)17/h3-8H,2,9,17H2,1H3,(H,20,21). The van der Waals surface area contributed by atoms with E-state index in [9.17, 15) is 9.18 Å². The Morgan fingerprint density at radius 2 is 2.14 bits per heavy atom. The van der Waals surface area contributed by atoms with Gasteiger partial charge in [0.1, 0.15) is 5.82 Å². The van der Waals surface area contributed by atoms with Crippen LogP contribution in [0.5, 0.6) is 0 Å². The van der Waals surface area contributed by atoms with E-state index in [2.05, 4.69) is 4.98 Å². The first kappa shape index (κ1) is 14.8. The van der Waals surface area contributed by atoms with Crippen LogP contribution in [0.2, 0.25) is 0 Å². The van der Waals surface area contributed by atoms with Crippen molar-refractivity contribution >= 4 is 17.3 Å². The summed E-state index contributed by atoms with van der Waals surface area (Å²) in [6.07, 6.45) is 2.74. The average molecular weight is 289 g/mol. The van der Waals surface area contributed by atoms with E-state index in [0.29, 0.717) is 24.5 Å². The molecule has 2 rings (SSSR count). The first-order valence-corrected chi connectivity index (χ1v) is 6.48. The molecule has 1 heterocycles. The van der Waals surface area contributed by atoms with E-state index in [-0.39, 0.29) is 5.56 Å². The van der Waals surface area contributed by atoms with Gasteiger partial charge in [-0.1, -0.05) is 0 Å². The van der Waals surface area contributed by atoms with Crippen molar-refractivity contribution in [2.75, 3.05) is 17.2 Å². The van der Waals surface area contributed by atoms with Crippen molar-refractivity contribution < 1.29 is 14.3 Å². The second-order valence-electron chi connectivity index (χ2n) is 4.60. The number of nitrogens with zero attached hydrogens (tertiary/aromatic N) is 2. The molecule has 0 bridgehead atoms. The maximum Gasteiger partial charge on any atom is 0.335 e. The lowest BCUT2D eigenvalue weighted by atomic mass is 10.1. The fourth-order valence-corrected chi connectivity index (χ4v) is 2.11. The lowest BCUT2D eigenvalue weighted by molar-refractivity contribution is 0.0697. The number of anilines is 2. The molecule has 2 aromatic rings. The van der Waals surface area contributed by atoms with Crippen LogP contribution in [0.3, 0.4) is 0 Å². The van der Waals surface area contributed by atoms with E-state index in [0.717, 1.165) is 11.8 Å². The van der Waals surface area contributed by atoms with Gasteiger partial charge in [-0.25, -0.2) is 9.18 Å². The second kappa shape index (κ2) is 6.21. The first-order chi connectivity index (χ1) is 10.0. The Bertz CT molecular complexity index is 661. The van der Waals surface area contributed by atoms with Crippen molar-refractivity contribution in [3.63, 3.8) is 0 Å². The van der Waals surface area contributed by atoms with Crippen molar-refractivity contribution in [1.29, 1.82) is 0 Å². The summed E-state index contributed by atoms with van der Waals surface area (Å²) >= 11 is 0. The highest BCUT2D eigenvalue weighted by atomic mass is 19.1. The quantitative estimate of drug-likeness (QED) is 0.827. The summed E-state index contributed by atoms with van der Waals surface area (Å²) in [6.45, 7) is 3.03. The van der Waals surface area contributed by atoms with Gasteiger partial charge in [-0.15, -0.1) is 0 Å². The van der Waals surface area contributed by atoms with Gasteiger partial charge in [-0.2, -0.15) is 0 Å². The topological polar surface area (TPSA) is 79.5 Å². The summed E-state index contributed by atoms with van der Waals surface area (Å²) in [5.41, 5.74) is 7.87. The number of benzene rings is 1. The van der Waals surface area contributed by atoms with Gasteiger partial charge in [0.2, 0.25) is 0 Å². The third kappa shape index (κ3) is 3.47. The Hall–Kier alpha value is -2.63. The number of carboxylic acid groups (broad SMARTS) is 1. The number of carbonyl (C=O) groups is 1. The van der Waals surface area contributed by atoms with Crippen molar-refractivity contribution in [3.05, 3.63) is 53.6 Å². The summed E-state index contributed by atoms with van der Waals surface area (Å²) < 4.78 is 13.2. The minimum Gasteiger partial charge on any atom is -0.478 e. The van der Waals surface area contributed by atoms with Crippen molar-refractivity contribution in [2.24, 2.45) is 0 Å². The number of nitrogens with two attached hydrogens (primary N) is 1. The molecule has 0 saturated carbocycles. The van der Waals surface area contributed by atoms with Crippen molar-refractivity contribution in [2.45, 2.75) is 13.5 Å². The van der Waals surface area contributed by atoms with Gasteiger partial charge in [0.15, 0.2) is 0 Å². The van der Waals surface area contributed by atoms with Gasteiger partial charge in [0, 0.05) is 19.3 Å². The predicted molar refractivity (Wildman–Crippen MR) is 78.7 cm³/mol. The van der Waals surface area contributed by atoms with Gasteiger partial charge >= 0.3 is 5.97 Å². The number of hydrogen-bond acceptors (Lipinski definition) is 4. The van der Waals surface area contributed by atoms with Gasteiger partial charge < -0.3 is 15.7 Å². The summed E-state index contributed by atoms with van der Waals surface area (Å²) in [5, 5.41) is 8.94. The molecule has 0 aliphatic rings. The van der Waals surface area contributed by atoms with E-state index in [4.69, 9.17) is 10.8 Å². The Kier molecular flexibility index (Phi) is 4.37. The maximum absolute atomic E-state index is 13.2. The highest BCUT2D eigenvalue weighted by molar-refractivity contribution is 5.90. The van der Waals surface area contributed by atoms with Crippen molar-refractivity contribution in [3.8, 4) is 0 Å². The van der Waals surface area contributed by atoms with Gasteiger partial charge in [-0.3, -0.25) is 4.98 Å². The van der Waals surface area contributed by atoms with Crippen LogP contribution in [0.1, 0.15) is 22.8 Å². The molecule has 110 valence electrons. The monoisotopic (exact) mass is 289 g/mol. The number of aromatic carboxylic acids is 1. The first-order valence-electron chi connectivity index (χ1n) is 6.48. The summed E-state index contributed by atoms with van der Waals surface area (Å²) in [6, 6.07) is 6.00. The van der Waals surface area contributed by atoms with Crippen LogP contribution in [0.4, 0.5) is 15.8 Å². The van der Waals surface area contributed by atoms with Crippen LogP contribution in [0.25, 0.3) is 0 Å². The zero-order valence-corrected chi connectivity index (χ0v) is 11.6. The van der Waals surface area contributed by atoms with Gasteiger partial charge in [-0.05, 0) is 36.8 Å². The number of pyridine rings is 1. The van der Waals surface area contributed by atoms with E-state index in [1.807, 2.05) is 11.8 Å². The van der Waals surface area contributed by atoms with E-state index >= 15 is 0 Å². The van der Waals surface area contributed by atoms with E-state index in [1.165, 1.54) is 18.2 Å². The minimum atomic E-state index is -1.02. The van der Waals surface area contributed by atoms with E-state index < -0.39 is 11.8 Å². The molecule has 3 N–H and O–H groups in total. The molecule has 0 atom stereocenters. The van der Waals surface area contributed by atoms with Crippen molar-refractivity contribution in [1.82, 2.24) is 4.98 Å². The molecular weight excluding hydrogens is 273 g/mol. The third-order valence-corrected chi connectivity index (χ3v) is 3.13. The molecule has 1 aromatic carbocycles. The highest BCUT2D eigenvalue weighted by Gasteiger charge is 2.12. The maximum atomic E-state index is 13.2. The molecule has 0 unspecified atom stereocenters. The average Bonchev–Trinajstić information content (AvgIpc) is 2.45. The third-order valence-electron chi connectivity index (χ3n) is 3.13. The minimum absolute atomic E-state index is 0.139. The number of rotatable bonds is 5. The Morgan fingerprint density at radius 1 is 1.38 bits per heavy atom. The summed E-state index contributed by atoms with van der Waals surface area (Å²) in [7, 11) is 0. The summed E-state index contributed by atoms with van der Waals surface area (Å²) in [4.78, 5) is 16.7.